The van der Waals surface area contributed by atoms with E-state index in [1.807, 2.05) is 24.3 Å². The zero-order valence-corrected chi connectivity index (χ0v) is 25.0. The first-order valence-electron chi connectivity index (χ1n) is 14.3. The molecule has 0 spiro atoms. The molecule has 0 aliphatic carbocycles. The van der Waals surface area contributed by atoms with Crippen molar-refractivity contribution in [1.82, 2.24) is 35.0 Å². The molecule has 1 saturated heterocycles. The van der Waals surface area contributed by atoms with Crippen LogP contribution in [0.15, 0.2) is 67.3 Å². The Morgan fingerprint density at radius 2 is 1.78 bits per heavy atom. The SMILES string of the molecule is CS(=O)(=O)CCc1cc(F)cc(-c2cncc3[nH]c(-c4n[nH]c5ccc(-c6cncc(CN7CCC(F)(F)C7)c6)nc45)cc23)c1. The van der Waals surface area contributed by atoms with Crippen LogP contribution in [0.5, 0.6) is 0 Å². The van der Waals surface area contributed by atoms with Gasteiger partial charge >= 0.3 is 0 Å². The highest BCUT2D eigenvalue weighted by atomic mass is 32.2. The molecule has 45 heavy (non-hydrogen) atoms. The van der Waals surface area contributed by atoms with Crippen LogP contribution in [0.1, 0.15) is 17.5 Å². The Bertz CT molecular complexity index is 2180. The lowest BCUT2D eigenvalue weighted by molar-refractivity contribution is 0.0115. The van der Waals surface area contributed by atoms with Crippen LogP contribution in [-0.4, -0.2) is 74.5 Å². The second-order valence-corrected chi connectivity index (χ2v) is 13.9. The van der Waals surface area contributed by atoms with Crippen molar-refractivity contribution in [1.29, 1.82) is 0 Å². The number of rotatable bonds is 8. The van der Waals surface area contributed by atoms with E-state index < -0.39 is 21.6 Å². The Hall–Kier alpha value is -4.62. The fourth-order valence-corrected chi connectivity index (χ4v) is 6.43. The van der Waals surface area contributed by atoms with Gasteiger partial charge in [-0.05, 0) is 59.5 Å². The predicted octanol–water partition coefficient (Wildman–Crippen LogP) is 5.80. The number of sulfone groups is 1. The molecule has 0 saturated carbocycles. The maximum atomic E-state index is 14.6. The summed E-state index contributed by atoms with van der Waals surface area (Å²) < 4.78 is 65.4. The van der Waals surface area contributed by atoms with Gasteiger partial charge in [-0.1, -0.05) is 6.07 Å². The van der Waals surface area contributed by atoms with Crippen LogP contribution < -0.4 is 0 Å². The molecule has 9 nitrogen and oxygen atoms in total. The third-order valence-electron chi connectivity index (χ3n) is 7.98. The molecule has 6 heterocycles. The van der Waals surface area contributed by atoms with Crippen LogP contribution in [0.3, 0.4) is 0 Å². The Morgan fingerprint density at radius 3 is 2.58 bits per heavy atom. The molecule has 1 aromatic carbocycles. The summed E-state index contributed by atoms with van der Waals surface area (Å²) in [5.74, 6) is -3.20. The number of benzene rings is 1. The number of nitrogens with zero attached hydrogens (tertiary/aromatic N) is 5. The van der Waals surface area contributed by atoms with Gasteiger partial charge in [0.05, 0.1) is 40.9 Å². The fraction of sp³-hybridized carbons (Fsp3) is 0.250. The number of halogens is 3. The topological polar surface area (TPSA) is 121 Å². The molecule has 0 radical (unpaired) electrons. The van der Waals surface area contributed by atoms with Crippen molar-refractivity contribution in [3.8, 4) is 33.8 Å². The lowest BCUT2D eigenvalue weighted by Crippen LogP contribution is -2.24. The normalized spacial score (nSPS) is 15.4. The molecule has 13 heteroatoms. The largest absolute Gasteiger partial charge is 0.352 e. The molecule has 6 aromatic rings. The highest BCUT2D eigenvalue weighted by Gasteiger charge is 2.37. The monoisotopic (exact) mass is 631 g/mol. The van der Waals surface area contributed by atoms with Crippen LogP contribution >= 0.6 is 0 Å². The summed E-state index contributed by atoms with van der Waals surface area (Å²) in [5.41, 5.74) is 7.38. The summed E-state index contributed by atoms with van der Waals surface area (Å²) in [4.78, 5) is 18.7. The first-order chi connectivity index (χ1) is 21.5. The van der Waals surface area contributed by atoms with E-state index in [-0.39, 0.29) is 25.1 Å². The molecule has 1 aliphatic heterocycles. The standard InChI is InChI=1S/C32H28F3N7O2S/c1-45(43,44)7-4-19-8-21(11-23(33)10-19)25-15-37-16-29-24(25)12-28(38-29)31-30-27(40-41-31)3-2-26(39-30)22-9-20(13-36-14-22)17-42-6-5-32(34,35)18-42/h2-3,8-16,38H,4-7,17-18H2,1H3,(H,40,41). The number of alkyl halides is 2. The number of pyridine rings is 3. The molecule has 0 bridgehead atoms. The predicted molar refractivity (Wildman–Crippen MR) is 166 cm³/mol. The third-order valence-corrected chi connectivity index (χ3v) is 8.93. The van der Waals surface area contributed by atoms with Crippen LogP contribution in [-0.2, 0) is 22.8 Å². The Labute approximate surface area is 256 Å². The van der Waals surface area contributed by atoms with E-state index >= 15 is 0 Å². The van der Waals surface area contributed by atoms with Gasteiger partial charge in [-0.2, -0.15) is 5.10 Å². The van der Waals surface area contributed by atoms with Crippen LogP contribution in [0, 0.1) is 5.82 Å². The van der Waals surface area contributed by atoms with Crippen LogP contribution in [0.2, 0.25) is 0 Å². The van der Waals surface area contributed by atoms with Crippen molar-refractivity contribution < 1.29 is 21.6 Å². The molecule has 0 unspecified atom stereocenters. The highest BCUT2D eigenvalue weighted by Crippen LogP contribution is 2.35. The molecule has 5 aromatic heterocycles. The summed E-state index contributed by atoms with van der Waals surface area (Å²) in [6, 6.07) is 12.1. The molecule has 1 fully saturated rings. The number of aryl methyl sites for hydroxylation is 1. The maximum absolute atomic E-state index is 14.6. The summed E-state index contributed by atoms with van der Waals surface area (Å²) in [6.45, 7) is 0.460. The molecule has 7 rings (SSSR count). The number of H-pyrrole nitrogens is 2. The van der Waals surface area contributed by atoms with Crippen molar-refractivity contribution in [3.05, 3.63) is 84.2 Å². The Balaban J connectivity index is 1.22. The minimum Gasteiger partial charge on any atom is -0.352 e. The van der Waals surface area contributed by atoms with E-state index in [0.29, 0.717) is 57.9 Å². The van der Waals surface area contributed by atoms with E-state index in [9.17, 15) is 21.6 Å². The zero-order valence-electron chi connectivity index (χ0n) is 24.2. The van der Waals surface area contributed by atoms with Crippen molar-refractivity contribution in [3.63, 3.8) is 0 Å². The fourth-order valence-electron chi connectivity index (χ4n) is 5.82. The number of hydrogen-bond donors (Lipinski definition) is 2. The lowest BCUT2D eigenvalue weighted by atomic mass is 10.0. The van der Waals surface area contributed by atoms with E-state index in [1.54, 1.807) is 35.8 Å². The first-order valence-corrected chi connectivity index (χ1v) is 16.4. The van der Waals surface area contributed by atoms with E-state index in [1.165, 1.54) is 12.1 Å². The van der Waals surface area contributed by atoms with E-state index in [0.717, 1.165) is 28.3 Å². The second-order valence-electron chi connectivity index (χ2n) is 11.6. The van der Waals surface area contributed by atoms with Gasteiger partial charge in [0, 0.05) is 60.9 Å². The van der Waals surface area contributed by atoms with Crippen LogP contribution in [0.25, 0.3) is 55.7 Å². The number of aromatic amines is 2. The molecular formula is C32H28F3N7O2S. The molecule has 0 atom stereocenters. The maximum Gasteiger partial charge on any atom is 0.261 e. The molecule has 230 valence electrons. The lowest BCUT2D eigenvalue weighted by Gasteiger charge is -2.15. The number of aromatic nitrogens is 6. The Morgan fingerprint density at radius 1 is 0.956 bits per heavy atom. The summed E-state index contributed by atoms with van der Waals surface area (Å²) in [6.07, 6.45) is 7.92. The van der Waals surface area contributed by atoms with Gasteiger partial charge in [0.1, 0.15) is 26.9 Å². The molecule has 0 amide bonds. The summed E-state index contributed by atoms with van der Waals surface area (Å²) >= 11 is 0. The molecule has 2 N–H and O–H groups in total. The third kappa shape index (κ3) is 6.18. The number of hydrogen-bond acceptors (Lipinski definition) is 7. The average Bonchev–Trinajstić information content (AvgIpc) is 3.71. The van der Waals surface area contributed by atoms with Crippen molar-refractivity contribution >= 4 is 31.8 Å². The van der Waals surface area contributed by atoms with E-state index in [4.69, 9.17) is 4.98 Å². The first kappa shape index (κ1) is 29.1. The zero-order chi connectivity index (χ0) is 31.3. The van der Waals surface area contributed by atoms with E-state index in [2.05, 4.69) is 25.1 Å². The van der Waals surface area contributed by atoms with Gasteiger partial charge < -0.3 is 4.98 Å². The quantitative estimate of drug-likeness (QED) is 0.218. The number of likely N-dealkylation sites (tertiary alicyclic amines) is 1. The molecule has 1 aliphatic rings. The average molecular weight is 632 g/mol. The minimum atomic E-state index is -3.21. The summed E-state index contributed by atoms with van der Waals surface area (Å²) in [7, 11) is -3.21. The van der Waals surface area contributed by atoms with Gasteiger partial charge in [0.2, 0.25) is 0 Å². The van der Waals surface area contributed by atoms with Gasteiger partial charge in [-0.3, -0.25) is 20.0 Å². The number of fused-ring (bicyclic) bond motifs is 2. The second kappa shape index (κ2) is 11.1. The van der Waals surface area contributed by atoms with Gasteiger partial charge in [-0.25, -0.2) is 26.6 Å². The van der Waals surface area contributed by atoms with Crippen molar-refractivity contribution in [2.75, 3.05) is 25.1 Å². The van der Waals surface area contributed by atoms with Gasteiger partial charge in [-0.15, -0.1) is 0 Å². The highest BCUT2D eigenvalue weighted by molar-refractivity contribution is 7.90. The minimum absolute atomic E-state index is 0.0778. The summed E-state index contributed by atoms with van der Waals surface area (Å²) in [5, 5.41) is 8.34. The smallest absolute Gasteiger partial charge is 0.261 e. The number of nitrogens with one attached hydrogen (secondary N) is 2. The van der Waals surface area contributed by atoms with Crippen molar-refractivity contribution in [2.24, 2.45) is 0 Å². The van der Waals surface area contributed by atoms with Gasteiger partial charge in [0.25, 0.3) is 5.92 Å². The molecular weight excluding hydrogens is 603 g/mol. The van der Waals surface area contributed by atoms with Crippen LogP contribution in [0.4, 0.5) is 13.2 Å². The van der Waals surface area contributed by atoms with Gasteiger partial charge in [0.15, 0.2) is 0 Å². The Kier molecular flexibility index (Phi) is 7.16. The van der Waals surface area contributed by atoms with Crippen molar-refractivity contribution in [2.45, 2.75) is 25.3 Å².